The summed E-state index contributed by atoms with van der Waals surface area (Å²) in [4.78, 5) is 18.9. The largest absolute Gasteiger partial charge is 0.466 e. The molecular formula is C21H35N3O2. The van der Waals surface area contributed by atoms with Crippen LogP contribution in [0.5, 0.6) is 0 Å². The Bertz CT molecular complexity index is 583. The summed E-state index contributed by atoms with van der Waals surface area (Å²) in [7, 11) is 0. The molecule has 0 unspecified atom stereocenters. The maximum absolute atomic E-state index is 11.7. The lowest BCUT2D eigenvalue weighted by atomic mass is 9.93. The third kappa shape index (κ3) is 5.61. The van der Waals surface area contributed by atoms with Crippen LogP contribution in [-0.2, 0) is 9.53 Å². The Morgan fingerprint density at radius 3 is 2.58 bits per heavy atom. The second kappa shape index (κ2) is 9.79. The van der Waals surface area contributed by atoms with E-state index in [0.29, 0.717) is 30.7 Å². The number of carbonyl (C=O) groups excluding carboxylic acids is 1. The van der Waals surface area contributed by atoms with Gasteiger partial charge in [-0.15, -0.1) is 0 Å². The summed E-state index contributed by atoms with van der Waals surface area (Å²) in [5.74, 6) is 1.33. The number of nitrogens with two attached hydrogens (primary N) is 1. The SMILES string of the molecule is CCOC(=O)C[C@@H](C)c1cnc(N(CC(C)C)C2CCCCC2)c(N)c1. The number of esters is 1. The first kappa shape index (κ1) is 20.5. The van der Waals surface area contributed by atoms with E-state index in [2.05, 4.69) is 18.7 Å². The lowest BCUT2D eigenvalue weighted by molar-refractivity contribution is -0.143. The standard InChI is InChI=1S/C21H35N3O2/c1-5-26-20(25)11-16(4)17-12-19(22)21(23-13-17)24(14-15(2)3)18-9-7-6-8-10-18/h12-13,15-16,18H,5-11,14,22H2,1-4H3/t16-/m1/s1. The van der Waals surface area contributed by atoms with E-state index in [1.54, 1.807) is 0 Å². The van der Waals surface area contributed by atoms with Gasteiger partial charge in [-0.25, -0.2) is 4.98 Å². The minimum absolute atomic E-state index is 0.0473. The topological polar surface area (TPSA) is 68.5 Å². The molecule has 2 N–H and O–H groups in total. The highest BCUT2D eigenvalue weighted by molar-refractivity contribution is 5.71. The minimum Gasteiger partial charge on any atom is -0.466 e. The van der Waals surface area contributed by atoms with E-state index in [0.717, 1.165) is 17.9 Å². The summed E-state index contributed by atoms with van der Waals surface area (Å²) in [5.41, 5.74) is 8.12. The van der Waals surface area contributed by atoms with Crippen molar-refractivity contribution in [2.45, 2.75) is 78.2 Å². The summed E-state index contributed by atoms with van der Waals surface area (Å²) < 4.78 is 5.05. The molecule has 0 radical (unpaired) electrons. The van der Waals surface area contributed by atoms with Crippen molar-refractivity contribution in [1.29, 1.82) is 0 Å². The number of anilines is 2. The monoisotopic (exact) mass is 361 g/mol. The predicted octanol–water partition coefficient (Wildman–Crippen LogP) is 4.52. The fourth-order valence-corrected chi connectivity index (χ4v) is 3.78. The van der Waals surface area contributed by atoms with Crippen molar-refractivity contribution in [1.82, 2.24) is 4.98 Å². The molecule has 0 aromatic carbocycles. The van der Waals surface area contributed by atoms with Gasteiger partial charge in [0.1, 0.15) is 0 Å². The molecular weight excluding hydrogens is 326 g/mol. The first-order chi connectivity index (χ1) is 12.4. The van der Waals surface area contributed by atoms with E-state index in [1.807, 2.05) is 26.1 Å². The zero-order valence-corrected chi connectivity index (χ0v) is 16.8. The van der Waals surface area contributed by atoms with Crippen molar-refractivity contribution in [2.75, 3.05) is 23.8 Å². The molecule has 1 heterocycles. The smallest absolute Gasteiger partial charge is 0.306 e. The third-order valence-corrected chi connectivity index (χ3v) is 5.11. The second-order valence-electron chi connectivity index (χ2n) is 7.93. The molecule has 0 spiro atoms. The Balaban J connectivity index is 2.17. The number of aromatic nitrogens is 1. The number of hydrogen-bond acceptors (Lipinski definition) is 5. The summed E-state index contributed by atoms with van der Waals surface area (Å²) in [6.07, 6.45) is 8.57. The molecule has 1 aromatic heterocycles. The van der Waals surface area contributed by atoms with Crippen LogP contribution in [0.25, 0.3) is 0 Å². The Morgan fingerprint density at radius 2 is 2.00 bits per heavy atom. The number of carbonyl (C=O) groups is 1. The van der Waals surface area contributed by atoms with Crippen molar-refractivity contribution >= 4 is 17.5 Å². The average Bonchev–Trinajstić information content (AvgIpc) is 2.60. The normalized spacial score (nSPS) is 16.5. The highest BCUT2D eigenvalue weighted by Gasteiger charge is 2.25. The van der Waals surface area contributed by atoms with Crippen molar-refractivity contribution in [2.24, 2.45) is 5.92 Å². The van der Waals surface area contributed by atoms with E-state index in [4.69, 9.17) is 15.5 Å². The Morgan fingerprint density at radius 1 is 1.31 bits per heavy atom. The summed E-state index contributed by atoms with van der Waals surface area (Å²) in [6, 6.07) is 2.52. The quantitative estimate of drug-likeness (QED) is 0.690. The second-order valence-corrected chi connectivity index (χ2v) is 7.93. The van der Waals surface area contributed by atoms with E-state index < -0.39 is 0 Å². The summed E-state index contributed by atoms with van der Waals surface area (Å²) >= 11 is 0. The van der Waals surface area contributed by atoms with Gasteiger partial charge in [0.15, 0.2) is 5.82 Å². The van der Waals surface area contributed by atoms with Crippen LogP contribution in [0, 0.1) is 5.92 Å². The fourth-order valence-electron chi connectivity index (χ4n) is 3.78. The molecule has 1 fully saturated rings. The van der Waals surface area contributed by atoms with Gasteiger partial charge >= 0.3 is 5.97 Å². The Hall–Kier alpha value is -1.78. The average molecular weight is 362 g/mol. The van der Waals surface area contributed by atoms with Gasteiger partial charge in [0.05, 0.1) is 18.7 Å². The van der Waals surface area contributed by atoms with Gasteiger partial charge in [-0.2, -0.15) is 0 Å². The van der Waals surface area contributed by atoms with Gasteiger partial charge in [-0.1, -0.05) is 40.0 Å². The van der Waals surface area contributed by atoms with Gasteiger partial charge < -0.3 is 15.4 Å². The molecule has 1 atom stereocenters. The Kier molecular flexibility index (Phi) is 7.73. The maximum Gasteiger partial charge on any atom is 0.306 e. The highest BCUT2D eigenvalue weighted by Crippen LogP contribution is 2.32. The zero-order valence-electron chi connectivity index (χ0n) is 16.8. The van der Waals surface area contributed by atoms with Crippen LogP contribution in [0.15, 0.2) is 12.3 Å². The van der Waals surface area contributed by atoms with Crippen LogP contribution in [-0.4, -0.2) is 30.1 Å². The first-order valence-corrected chi connectivity index (χ1v) is 10.1. The number of nitrogens with zero attached hydrogens (tertiary/aromatic N) is 2. The van der Waals surface area contributed by atoms with Crippen molar-refractivity contribution < 1.29 is 9.53 Å². The molecule has 5 heteroatoms. The fraction of sp³-hybridized carbons (Fsp3) is 0.714. The van der Waals surface area contributed by atoms with Crippen LogP contribution < -0.4 is 10.6 Å². The van der Waals surface area contributed by atoms with Crippen LogP contribution in [0.4, 0.5) is 11.5 Å². The summed E-state index contributed by atoms with van der Waals surface area (Å²) in [5, 5.41) is 0. The molecule has 5 nitrogen and oxygen atoms in total. The molecule has 2 rings (SSSR count). The van der Waals surface area contributed by atoms with Gasteiger partial charge in [0, 0.05) is 18.8 Å². The van der Waals surface area contributed by atoms with Crippen LogP contribution in [0.1, 0.15) is 77.7 Å². The lowest BCUT2D eigenvalue weighted by Gasteiger charge is -2.37. The molecule has 0 amide bonds. The first-order valence-electron chi connectivity index (χ1n) is 10.1. The molecule has 26 heavy (non-hydrogen) atoms. The molecule has 146 valence electrons. The zero-order chi connectivity index (χ0) is 19.1. The van der Waals surface area contributed by atoms with Crippen LogP contribution in [0.3, 0.4) is 0 Å². The number of nitrogen functional groups attached to an aromatic ring is 1. The van der Waals surface area contributed by atoms with Crippen LogP contribution >= 0.6 is 0 Å². The van der Waals surface area contributed by atoms with E-state index in [-0.39, 0.29) is 11.9 Å². The molecule has 0 saturated heterocycles. The molecule has 1 aromatic rings. The predicted molar refractivity (Wildman–Crippen MR) is 107 cm³/mol. The highest BCUT2D eigenvalue weighted by atomic mass is 16.5. The van der Waals surface area contributed by atoms with Gasteiger partial charge in [0.2, 0.25) is 0 Å². The molecule has 0 aliphatic heterocycles. The molecule has 1 aliphatic rings. The van der Waals surface area contributed by atoms with E-state index in [9.17, 15) is 4.79 Å². The van der Waals surface area contributed by atoms with Gasteiger partial charge in [-0.3, -0.25) is 4.79 Å². The molecule has 0 bridgehead atoms. The number of pyridine rings is 1. The van der Waals surface area contributed by atoms with Crippen molar-refractivity contribution in [3.05, 3.63) is 17.8 Å². The number of rotatable bonds is 8. The van der Waals surface area contributed by atoms with E-state index in [1.165, 1.54) is 32.1 Å². The number of ether oxygens (including phenoxy) is 1. The molecule has 1 aliphatic carbocycles. The van der Waals surface area contributed by atoms with E-state index >= 15 is 0 Å². The minimum atomic E-state index is -0.175. The van der Waals surface area contributed by atoms with Crippen molar-refractivity contribution in [3.63, 3.8) is 0 Å². The van der Waals surface area contributed by atoms with Crippen molar-refractivity contribution in [3.8, 4) is 0 Å². The lowest BCUT2D eigenvalue weighted by Crippen LogP contribution is -2.40. The van der Waals surface area contributed by atoms with Gasteiger partial charge in [-0.05, 0) is 43.2 Å². The summed E-state index contributed by atoms with van der Waals surface area (Å²) in [6.45, 7) is 9.70. The van der Waals surface area contributed by atoms with Gasteiger partial charge in [0.25, 0.3) is 0 Å². The number of hydrogen-bond donors (Lipinski definition) is 1. The van der Waals surface area contributed by atoms with Crippen LogP contribution in [0.2, 0.25) is 0 Å². The Labute approximate surface area is 158 Å². The molecule has 1 saturated carbocycles. The maximum atomic E-state index is 11.7. The third-order valence-electron chi connectivity index (χ3n) is 5.11.